The maximum atomic E-state index is 11.0. The van der Waals surface area contributed by atoms with Gasteiger partial charge in [0.05, 0.1) is 7.11 Å². The summed E-state index contributed by atoms with van der Waals surface area (Å²) in [5, 5.41) is 36.5. The molecule has 7 heteroatoms. The molecule has 0 amide bonds. The van der Waals surface area contributed by atoms with Gasteiger partial charge in [-0.3, -0.25) is 0 Å². The van der Waals surface area contributed by atoms with Crippen molar-refractivity contribution in [2.45, 2.75) is 30.7 Å². The van der Waals surface area contributed by atoms with Gasteiger partial charge in [-0.15, -0.1) is 0 Å². The summed E-state index contributed by atoms with van der Waals surface area (Å²) in [6.45, 7) is 0. The molecule has 1 aliphatic rings. The summed E-state index contributed by atoms with van der Waals surface area (Å²) in [4.78, 5) is 11.0. The van der Waals surface area contributed by atoms with Crippen LogP contribution in [0.5, 0.6) is 0 Å². The molecule has 0 unspecified atom stereocenters. The highest BCUT2D eigenvalue weighted by atomic mass is 16.7. The van der Waals surface area contributed by atoms with Crippen molar-refractivity contribution >= 4 is 5.97 Å². The van der Waals surface area contributed by atoms with E-state index in [1.165, 1.54) is 0 Å². The molecule has 0 aromatic carbocycles. The second-order valence-electron chi connectivity index (χ2n) is 2.94. The Morgan fingerprint density at radius 3 is 2.21 bits per heavy atom. The molecule has 0 aliphatic carbocycles. The van der Waals surface area contributed by atoms with Crippen molar-refractivity contribution in [3.05, 3.63) is 0 Å². The molecule has 0 radical (unpaired) electrons. The number of rotatable bonds is 1. The Morgan fingerprint density at radius 2 is 1.71 bits per heavy atom. The summed E-state index contributed by atoms with van der Waals surface area (Å²) in [5.41, 5.74) is 0. The Balaban J connectivity index is 2.75. The molecule has 7 nitrogen and oxygen atoms in total. The number of ether oxygens (including phenoxy) is 2. The summed E-state index contributed by atoms with van der Waals surface area (Å²) >= 11 is 0. The molecule has 0 bridgehead atoms. The summed E-state index contributed by atoms with van der Waals surface area (Å²) in [6.07, 6.45) is -8.14. The van der Waals surface area contributed by atoms with E-state index in [0.717, 1.165) is 7.11 Å². The molecule has 0 saturated carbocycles. The molecule has 0 aromatic heterocycles. The molecule has 5 atom stereocenters. The van der Waals surface area contributed by atoms with Crippen molar-refractivity contribution in [2.24, 2.45) is 0 Å². The largest absolute Gasteiger partial charge is 0.467 e. The molecule has 1 rings (SSSR count). The Bertz CT molecular complexity index is 218. The van der Waals surface area contributed by atoms with Crippen LogP contribution in [0.25, 0.3) is 0 Å². The van der Waals surface area contributed by atoms with Crippen LogP contribution in [0.3, 0.4) is 0 Å². The second-order valence-corrected chi connectivity index (χ2v) is 2.94. The van der Waals surface area contributed by atoms with Gasteiger partial charge in [0.15, 0.2) is 12.4 Å². The molecule has 1 saturated heterocycles. The summed E-state index contributed by atoms with van der Waals surface area (Å²) < 4.78 is 8.82. The number of carbonyl (C=O) groups is 1. The first-order valence-electron chi connectivity index (χ1n) is 3.94. The first-order chi connectivity index (χ1) is 6.49. The Morgan fingerprint density at radius 1 is 1.14 bits per heavy atom. The van der Waals surface area contributed by atoms with Crippen molar-refractivity contribution in [1.29, 1.82) is 0 Å². The number of hydrogen-bond acceptors (Lipinski definition) is 7. The topological polar surface area (TPSA) is 116 Å². The van der Waals surface area contributed by atoms with Crippen LogP contribution in [0.1, 0.15) is 0 Å². The van der Waals surface area contributed by atoms with Gasteiger partial charge in [0.1, 0.15) is 18.3 Å². The fourth-order valence-electron chi connectivity index (χ4n) is 1.17. The third-order valence-electron chi connectivity index (χ3n) is 2.02. The van der Waals surface area contributed by atoms with Gasteiger partial charge < -0.3 is 29.9 Å². The molecule has 0 spiro atoms. The van der Waals surface area contributed by atoms with Gasteiger partial charge in [0, 0.05) is 0 Å². The lowest BCUT2D eigenvalue weighted by atomic mass is 9.99. The highest BCUT2D eigenvalue weighted by molar-refractivity contribution is 5.75. The first kappa shape index (κ1) is 11.3. The van der Waals surface area contributed by atoms with Crippen molar-refractivity contribution in [2.75, 3.05) is 7.11 Å². The number of esters is 1. The van der Waals surface area contributed by atoms with Gasteiger partial charge in [-0.25, -0.2) is 4.79 Å². The maximum absolute atomic E-state index is 11.0. The lowest BCUT2D eigenvalue weighted by molar-refractivity contribution is -0.280. The molecular formula is C7H12O7. The lowest BCUT2D eigenvalue weighted by Crippen LogP contribution is -2.59. The van der Waals surface area contributed by atoms with E-state index in [1.807, 2.05) is 0 Å². The van der Waals surface area contributed by atoms with E-state index in [1.54, 1.807) is 0 Å². The molecule has 1 aliphatic heterocycles. The number of hydrogen-bond donors (Lipinski definition) is 4. The van der Waals surface area contributed by atoms with Crippen LogP contribution >= 0.6 is 0 Å². The van der Waals surface area contributed by atoms with Gasteiger partial charge in [0.25, 0.3) is 0 Å². The normalized spacial score (nSPS) is 43.4. The molecular weight excluding hydrogens is 196 g/mol. The molecule has 82 valence electrons. The summed E-state index contributed by atoms with van der Waals surface area (Å²) in [5.74, 6) is -0.928. The average molecular weight is 208 g/mol. The van der Waals surface area contributed by atoms with Crippen LogP contribution < -0.4 is 0 Å². The fraction of sp³-hybridized carbons (Fsp3) is 0.857. The Hall–Kier alpha value is -0.730. The minimum atomic E-state index is -1.72. The van der Waals surface area contributed by atoms with E-state index in [0.29, 0.717) is 0 Å². The molecule has 14 heavy (non-hydrogen) atoms. The van der Waals surface area contributed by atoms with E-state index in [4.69, 9.17) is 10.2 Å². The third-order valence-corrected chi connectivity index (χ3v) is 2.02. The van der Waals surface area contributed by atoms with Gasteiger partial charge in [-0.05, 0) is 0 Å². The number of carbonyl (C=O) groups excluding carboxylic acids is 1. The van der Waals surface area contributed by atoms with Crippen LogP contribution in [0.15, 0.2) is 0 Å². The minimum Gasteiger partial charge on any atom is -0.467 e. The van der Waals surface area contributed by atoms with Crippen LogP contribution in [0.2, 0.25) is 0 Å². The van der Waals surface area contributed by atoms with E-state index >= 15 is 0 Å². The Kier molecular flexibility index (Phi) is 3.40. The van der Waals surface area contributed by atoms with Gasteiger partial charge >= 0.3 is 5.97 Å². The molecule has 1 heterocycles. The van der Waals surface area contributed by atoms with Crippen LogP contribution in [0.4, 0.5) is 0 Å². The highest BCUT2D eigenvalue weighted by Crippen LogP contribution is 2.20. The zero-order valence-electron chi connectivity index (χ0n) is 7.40. The van der Waals surface area contributed by atoms with E-state index in [-0.39, 0.29) is 0 Å². The number of aliphatic hydroxyl groups excluding tert-OH is 4. The van der Waals surface area contributed by atoms with Crippen molar-refractivity contribution < 1.29 is 34.7 Å². The van der Waals surface area contributed by atoms with Crippen LogP contribution in [-0.2, 0) is 14.3 Å². The number of aliphatic hydroxyl groups is 4. The Labute approximate surface area is 79.5 Å². The summed E-state index contributed by atoms with van der Waals surface area (Å²) in [6, 6.07) is 0. The number of methoxy groups -OCH3 is 1. The fourth-order valence-corrected chi connectivity index (χ4v) is 1.17. The van der Waals surface area contributed by atoms with E-state index in [2.05, 4.69) is 9.47 Å². The van der Waals surface area contributed by atoms with Gasteiger partial charge in [-0.2, -0.15) is 0 Å². The van der Waals surface area contributed by atoms with E-state index < -0.39 is 36.7 Å². The highest BCUT2D eigenvalue weighted by Gasteiger charge is 2.46. The molecule has 1 fully saturated rings. The smallest absolute Gasteiger partial charge is 0.337 e. The van der Waals surface area contributed by atoms with Crippen molar-refractivity contribution in [3.8, 4) is 0 Å². The zero-order valence-corrected chi connectivity index (χ0v) is 7.40. The SMILES string of the molecule is COC(=O)[C@H]1O[C@H](O)[C@H](O)[C@@H](O)[C@@H]1O. The second kappa shape index (κ2) is 4.20. The first-order valence-corrected chi connectivity index (χ1v) is 3.94. The predicted octanol–water partition coefficient (Wildman–Crippen LogP) is -3.04. The van der Waals surface area contributed by atoms with Gasteiger partial charge in [-0.1, -0.05) is 0 Å². The summed E-state index contributed by atoms with van der Waals surface area (Å²) in [7, 11) is 1.07. The van der Waals surface area contributed by atoms with Crippen molar-refractivity contribution in [1.82, 2.24) is 0 Å². The third kappa shape index (κ3) is 1.86. The average Bonchev–Trinajstić information content (AvgIpc) is 2.19. The maximum Gasteiger partial charge on any atom is 0.337 e. The predicted molar refractivity (Wildman–Crippen MR) is 40.9 cm³/mol. The minimum absolute atomic E-state index is 0.928. The zero-order chi connectivity index (χ0) is 10.9. The van der Waals surface area contributed by atoms with Gasteiger partial charge in [0.2, 0.25) is 0 Å². The van der Waals surface area contributed by atoms with E-state index in [9.17, 15) is 15.0 Å². The quantitative estimate of drug-likeness (QED) is 0.338. The van der Waals surface area contributed by atoms with Crippen LogP contribution in [0, 0.1) is 0 Å². The molecule has 4 N–H and O–H groups in total. The standard InChI is InChI=1S/C7H12O7/c1-13-7(12)5-3(9)2(8)4(10)6(11)14-5/h2-6,8-11H,1H3/t2-,3-,4+,5-,6-/m0/s1. The monoisotopic (exact) mass is 208 g/mol. The molecule has 0 aromatic rings. The lowest BCUT2D eigenvalue weighted by Gasteiger charge is -2.36. The van der Waals surface area contributed by atoms with Crippen molar-refractivity contribution in [3.63, 3.8) is 0 Å². The van der Waals surface area contributed by atoms with Crippen LogP contribution in [-0.4, -0.2) is 64.2 Å².